The molecule has 0 bridgehead atoms. The van der Waals surface area contributed by atoms with E-state index in [-0.39, 0.29) is 76.6 Å². The Labute approximate surface area is 454 Å². The summed E-state index contributed by atoms with van der Waals surface area (Å²) in [7, 11) is 1.41. The van der Waals surface area contributed by atoms with Crippen LogP contribution in [-0.2, 0) is 40.2 Å². The third-order valence-electron chi connectivity index (χ3n) is 13.8. The lowest BCUT2D eigenvalue weighted by atomic mass is 9.85. The van der Waals surface area contributed by atoms with Gasteiger partial charge in [0, 0.05) is 39.0 Å². The monoisotopic (exact) mass is 1090 g/mol. The fraction of sp³-hybridized carbons (Fsp3) is 0.518. The summed E-state index contributed by atoms with van der Waals surface area (Å²) in [5, 5.41) is 17.9. The number of carbonyl (C=O) groups is 5. The van der Waals surface area contributed by atoms with Gasteiger partial charge in [-0.15, -0.1) is 0 Å². The number of hydrogen-bond acceptors (Lipinski definition) is 13. The molecule has 20 heteroatoms. The van der Waals surface area contributed by atoms with E-state index >= 15 is 0 Å². The van der Waals surface area contributed by atoms with E-state index in [4.69, 9.17) is 16.3 Å². The molecule has 5 atom stereocenters. The molecule has 5 amide bonds. The molecule has 1 saturated heterocycles. The summed E-state index contributed by atoms with van der Waals surface area (Å²) in [6.07, 6.45) is 6.28. The number of nitrogens with one attached hydrogen (secondary N) is 6. The number of benzene rings is 3. The van der Waals surface area contributed by atoms with Crippen molar-refractivity contribution in [2.24, 2.45) is 5.41 Å². The summed E-state index contributed by atoms with van der Waals surface area (Å²) in [5.41, 5.74) is 3.16. The van der Waals surface area contributed by atoms with Gasteiger partial charge in [-0.3, -0.25) is 24.0 Å². The molecule has 76 heavy (non-hydrogen) atoms. The van der Waals surface area contributed by atoms with Crippen LogP contribution in [0.4, 0.5) is 23.1 Å². The second-order valence-corrected chi connectivity index (χ2v) is 23.8. The van der Waals surface area contributed by atoms with Gasteiger partial charge in [-0.05, 0) is 113 Å². The van der Waals surface area contributed by atoms with Crippen LogP contribution in [0.15, 0.2) is 77.8 Å². The van der Waals surface area contributed by atoms with Crippen molar-refractivity contribution < 1.29 is 37.1 Å². The Kier molecular flexibility index (Phi) is 22.0. The number of likely N-dealkylation sites (N-methyl/N-ethyl adjacent to an activating group) is 2. The van der Waals surface area contributed by atoms with Crippen molar-refractivity contribution in [2.75, 3.05) is 44.9 Å². The van der Waals surface area contributed by atoms with Crippen molar-refractivity contribution in [3.8, 4) is 5.75 Å². The Bertz CT molecular complexity index is 2760. The highest BCUT2D eigenvalue weighted by Crippen LogP contribution is 2.34. The zero-order valence-corrected chi connectivity index (χ0v) is 47.6. The Morgan fingerprint density at radius 2 is 1.58 bits per heavy atom. The second kappa shape index (κ2) is 27.6. The van der Waals surface area contributed by atoms with Crippen molar-refractivity contribution in [3.63, 3.8) is 0 Å². The van der Waals surface area contributed by atoms with Crippen LogP contribution in [0.3, 0.4) is 0 Å². The standard InChI is InChI=1S/C56H79ClN10O8S/c1-12-42(38-22-16-15-17-23-38)62-53(71)45-32-40(34-67(45)54(72)50(56(6,7)8)64-52(70)37(5)58-9)60-48(68)26-18-13-14-19-27-49(69)66(10)29-28-39-31-46(75-11)44(30-36(39)4)63-55-59-33-41(57)51(65-55)61-43-24-20-21-25-47(43)76(73,74)35(2)3/h15-17,20-25,30-31,33,35,37,40,42,45,50,58H,12-14,18-19,26-29,32,34H2,1-11H3,(H,60,68)(H,62,71)(H,64,70)(H2,59,61,63,65)/t37-,40?,42+,45?,50+/m0/s1. The summed E-state index contributed by atoms with van der Waals surface area (Å²) in [4.78, 5) is 80.3. The minimum atomic E-state index is -3.60. The molecule has 4 aromatic rings. The Hall–Kier alpha value is -6.31. The van der Waals surface area contributed by atoms with Gasteiger partial charge in [0.15, 0.2) is 15.7 Å². The maximum absolute atomic E-state index is 14.4. The molecule has 6 N–H and O–H groups in total. The minimum Gasteiger partial charge on any atom is -0.495 e. The van der Waals surface area contributed by atoms with Gasteiger partial charge in [0.2, 0.25) is 35.5 Å². The lowest BCUT2D eigenvalue weighted by Gasteiger charge is -2.36. The van der Waals surface area contributed by atoms with Crippen molar-refractivity contribution in [1.82, 2.24) is 41.0 Å². The van der Waals surface area contributed by atoms with Gasteiger partial charge in [0.1, 0.15) is 22.9 Å². The first-order valence-electron chi connectivity index (χ1n) is 26.2. The topological polar surface area (TPSA) is 233 Å². The van der Waals surface area contributed by atoms with Crippen LogP contribution in [0, 0.1) is 12.3 Å². The van der Waals surface area contributed by atoms with Crippen LogP contribution < -0.4 is 36.6 Å². The number of para-hydroxylation sites is 1. The molecule has 1 aromatic heterocycles. The van der Waals surface area contributed by atoms with Crippen molar-refractivity contribution >= 4 is 74.1 Å². The molecule has 0 aliphatic carbocycles. The molecule has 3 aromatic carbocycles. The van der Waals surface area contributed by atoms with Crippen molar-refractivity contribution in [1.29, 1.82) is 0 Å². The molecular weight excluding hydrogens is 1010 g/mol. The van der Waals surface area contributed by atoms with E-state index < -0.39 is 44.7 Å². The lowest BCUT2D eigenvalue weighted by Crippen LogP contribution is -2.59. The number of aryl methyl sites for hydroxylation is 1. The zero-order valence-electron chi connectivity index (χ0n) is 46.0. The number of likely N-dealkylation sites (tertiary alicyclic amines) is 1. The highest BCUT2D eigenvalue weighted by atomic mass is 35.5. The molecule has 1 aliphatic heterocycles. The van der Waals surface area contributed by atoms with Crippen LogP contribution in [0.25, 0.3) is 0 Å². The maximum Gasteiger partial charge on any atom is 0.246 e. The van der Waals surface area contributed by atoms with Gasteiger partial charge in [-0.2, -0.15) is 4.98 Å². The van der Waals surface area contributed by atoms with Gasteiger partial charge in [0.25, 0.3) is 0 Å². The SMILES string of the molecule is CC[C@@H](NC(=O)C1CC(NC(=O)CCCCCCC(=O)N(C)CCc2cc(OC)c(Nc3ncc(Cl)c(Nc4ccccc4S(=O)(=O)C(C)C)n3)cc2C)CN1C(=O)[C@@H](NC(=O)[C@H](C)NC)C(C)(C)C)c1ccccc1. The maximum atomic E-state index is 14.4. The molecular formula is C56H79ClN10O8S. The molecule has 0 spiro atoms. The smallest absolute Gasteiger partial charge is 0.246 e. The Morgan fingerprint density at radius 3 is 2.22 bits per heavy atom. The Morgan fingerprint density at radius 1 is 0.908 bits per heavy atom. The number of sulfone groups is 1. The summed E-state index contributed by atoms with van der Waals surface area (Å²) in [6, 6.07) is 17.0. The minimum absolute atomic E-state index is 0.0205. The number of unbranched alkanes of at least 4 members (excludes halogenated alkanes) is 3. The van der Waals surface area contributed by atoms with E-state index in [2.05, 4.69) is 41.9 Å². The van der Waals surface area contributed by atoms with E-state index in [9.17, 15) is 32.4 Å². The molecule has 18 nitrogen and oxygen atoms in total. The first-order valence-corrected chi connectivity index (χ1v) is 28.1. The van der Waals surface area contributed by atoms with Crippen LogP contribution in [0.1, 0.15) is 123 Å². The summed E-state index contributed by atoms with van der Waals surface area (Å²) in [6.45, 7) is 15.1. The van der Waals surface area contributed by atoms with Crippen molar-refractivity contribution in [3.05, 3.63) is 94.6 Å². The first-order chi connectivity index (χ1) is 36.0. The average molecular weight is 1090 g/mol. The van der Waals surface area contributed by atoms with Gasteiger partial charge >= 0.3 is 0 Å². The molecule has 0 radical (unpaired) electrons. The van der Waals surface area contributed by atoms with Gasteiger partial charge in [0.05, 0.1) is 46.9 Å². The third kappa shape index (κ3) is 16.4. The first kappa shape index (κ1) is 60.6. The van der Waals surface area contributed by atoms with Crippen LogP contribution in [-0.4, -0.2) is 121 Å². The third-order valence-corrected chi connectivity index (χ3v) is 16.3. The lowest BCUT2D eigenvalue weighted by molar-refractivity contribution is -0.144. The highest BCUT2D eigenvalue weighted by Gasteiger charge is 2.46. The molecule has 1 aliphatic rings. The van der Waals surface area contributed by atoms with Gasteiger partial charge in [-0.25, -0.2) is 13.4 Å². The van der Waals surface area contributed by atoms with E-state index in [0.29, 0.717) is 55.8 Å². The molecule has 2 unspecified atom stereocenters. The van der Waals surface area contributed by atoms with E-state index in [1.165, 1.54) is 11.1 Å². The average Bonchev–Trinajstić information content (AvgIpc) is 3.82. The van der Waals surface area contributed by atoms with E-state index in [1.54, 1.807) is 71.1 Å². The predicted molar refractivity (Wildman–Crippen MR) is 299 cm³/mol. The fourth-order valence-corrected chi connectivity index (χ4v) is 10.3. The highest BCUT2D eigenvalue weighted by molar-refractivity contribution is 7.92. The quantitative estimate of drug-likeness (QED) is 0.0328. The van der Waals surface area contributed by atoms with Crippen LogP contribution >= 0.6 is 11.6 Å². The molecule has 1 fully saturated rings. The normalized spacial score (nSPS) is 15.8. The zero-order chi connectivity index (χ0) is 55.9. The van der Waals surface area contributed by atoms with E-state index in [0.717, 1.165) is 29.5 Å². The number of anilines is 4. The number of nitrogens with zero attached hydrogens (tertiary/aromatic N) is 4. The number of halogens is 1. The molecule has 0 saturated carbocycles. The van der Waals surface area contributed by atoms with Crippen molar-refractivity contribution in [2.45, 2.75) is 154 Å². The van der Waals surface area contributed by atoms with Crippen LogP contribution in [0.5, 0.6) is 5.75 Å². The van der Waals surface area contributed by atoms with Gasteiger partial charge in [-0.1, -0.05) is 94.6 Å². The summed E-state index contributed by atoms with van der Waals surface area (Å²) in [5.74, 6) is -0.233. The number of rotatable bonds is 26. The number of carbonyl (C=O) groups excluding carboxylic acids is 5. The fourth-order valence-electron chi connectivity index (χ4n) is 8.94. The summed E-state index contributed by atoms with van der Waals surface area (Å²) < 4.78 is 31.9. The summed E-state index contributed by atoms with van der Waals surface area (Å²) >= 11 is 6.47. The molecule has 5 rings (SSSR count). The largest absolute Gasteiger partial charge is 0.495 e. The second-order valence-electron chi connectivity index (χ2n) is 20.9. The number of ether oxygens (including phenoxy) is 1. The van der Waals surface area contributed by atoms with Gasteiger partial charge < -0.3 is 46.4 Å². The Balaban J connectivity index is 1.10. The number of aromatic nitrogens is 2. The number of methoxy groups -OCH3 is 1. The van der Waals surface area contributed by atoms with Crippen LogP contribution in [0.2, 0.25) is 5.02 Å². The number of hydrogen-bond donors (Lipinski definition) is 6. The predicted octanol–water partition coefficient (Wildman–Crippen LogP) is 7.95. The van der Waals surface area contributed by atoms with E-state index in [1.807, 2.05) is 77.1 Å². The molecule has 2 heterocycles. The number of amides is 5. The molecule has 414 valence electrons.